The van der Waals surface area contributed by atoms with Crippen molar-refractivity contribution in [3.63, 3.8) is 0 Å². The Labute approximate surface area is 95.2 Å². The fourth-order valence-electron chi connectivity index (χ4n) is 1.98. The second kappa shape index (κ2) is 7.51. The lowest BCUT2D eigenvalue weighted by atomic mass is 9.91. The van der Waals surface area contributed by atoms with Gasteiger partial charge in [0.25, 0.3) is 0 Å². The molecule has 0 saturated heterocycles. The van der Waals surface area contributed by atoms with Gasteiger partial charge in [-0.15, -0.1) is 0 Å². The average molecular weight is 207 g/mol. The van der Waals surface area contributed by atoms with Crippen LogP contribution in [0.5, 0.6) is 0 Å². The van der Waals surface area contributed by atoms with Gasteiger partial charge in [0, 0.05) is 5.57 Å². The van der Waals surface area contributed by atoms with Gasteiger partial charge in [-0.1, -0.05) is 47.1 Å². The van der Waals surface area contributed by atoms with Crippen molar-refractivity contribution in [1.29, 1.82) is 5.26 Å². The summed E-state index contributed by atoms with van der Waals surface area (Å²) >= 11 is 0. The highest BCUT2D eigenvalue weighted by Crippen LogP contribution is 2.21. The molecule has 86 valence electrons. The van der Waals surface area contributed by atoms with E-state index in [4.69, 9.17) is 5.26 Å². The molecule has 1 nitrogen and oxygen atoms in total. The van der Waals surface area contributed by atoms with Crippen LogP contribution in [0.4, 0.5) is 0 Å². The molecule has 2 unspecified atom stereocenters. The van der Waals surface area contributed by atoms with Crippen molar-refractivity contribution in [2.45, 2.75) is 53.4 Å². The number of hydrogen-bond donors (Lipinski definition) is 0. The highest BCUT2D eigenvalue weighted by molar-refractivity contribution is 5.18. The quantitative estimate of drug-likeness (QED) is 0.562. The third-order valence-corrected chi connectivity index (χ3v) is 2.95. The maximum Gasteiger partial charge on any atom is 0.0943 e. The molecule has 0 aliphatic carbocycles. The van der Waals surface area contributed by atoms with Crippen molar-refractivity contribution in [3.05, 3.63) is 12.2 Å². The Morgan fingerprint density at radius 2 is 1.80 bits per heavy atom. The molecule has 0 N–H and O–H groups in total. The number of hydrogen-bond acceptors (Lipinski definition) is 1. The second-order valence-electron chi connectivity index (χ2n) is 5.20. The SMILES string of the molecule is C=C(C#N)C(C)CCCC(C)CC(C)C. The van der Waals surface area contributed by atoms with E-state index in [1.807, 2.05) is 0 Å². The maximum absolute atomic E-state index is 8.68. The summed E-state index contributed by atoms with van der Waals surface area (Å²) < 4.78 is 0. The normalized spacial score (nSPS) is 14.7. The van der Waals surface area contributed by atoms with Crippen LogP contribution in [0.2, 0.25) is 0 Å². The maximum atomic E-state index is 8.68. The van der Waals surface area contributed by atoms with Crippen LogP contribution in [0.15, 0.2) is 12.2 Å². The molecule has 0 bridgehead atoms. The molecular weight excluding hydrogens is 182 g/mol. The van der Waals surface area contributed by atoms with E-state index in [0.29, 0.717) is 5.92 Å². The molecule has 1 heteroatoms. The van der Waals surface area contributed by atoms with Crippen LogP contribution in [0.25, 0.3) is 0 Å². The monoisotopic (exact) mass is 207 g/mol. The van der Waals surface area contributed by atoms with Crippen LogP contribution in [-0.4, -0.2) is 0 Å². The standard InChI is InChI=1S/C14H25N/c1-11(2)9-12(3)7-6-8-13(4)14(5)10-15/h11-13H,5-9H2,1-4H3. The topological polar surface area (TPSA) is 23.8 Å². The van der Waals surface area contributed by atoms with E-state index in [0.717, 1.165) is 23.8 Å². The Kier molecular flexibility index (Phi) is 7.13. The van der Waals surface area contributed by atoms with Crippen LogP contribution in [0.1, 0.15) is 53.4 Å². The zero-order valence-electron chi connectivity index (χ0n) is 10.7. The number of allylic oxidation sites excluding steroid dienone is 1. The molecule has 0 fully saturated rings. The molecule has 0 radical (unpaired) electrons. The zero-order valence-corrected chi connectivity index (χ0v) is 10.7. The second-order valence-corrected chi connectivity index (χ2v) is 5.20. The predicted molar refractivity (Wildman–Crippen MR) is 66.4 cm³/mol. The summed E-state index contributed by atoms with van der Waals surface area (Å²) in [4.78, 5) is 0. The predicted octanol–water partition coefficient (Wildman–Crippen LogP) is 4.55. The van der Waals surface area contributed by atoms with Crippen molar-refractivity contribution in [1.82, 2.24) is 0 Å². The first kappa shape index (κ1) is 14.2. The van der Waals surface area contributed by atoms with Gasteiger partial charge in [0.1, 0.15) is 0 Å². The van der Waals surface area contributed by atoms with Gasteiger partial charge in [0.2, 0.25) is 0 Å². The van der Waals surface area contributed by atoms with Gasteiger partial charge in [-0.05, 0) is 30.6 Å². The van der Waals surface area contributed by atoms with Crippen LogP contribution < -0.4 is 0 Å². The van der Waals surface area contributed by atoms with E-state index in [-0.39, 0.29) is 0 Å². The fraction of sp³-hybridized carbons (Fsp3) is 0.786. The Balaban J connectivity index is 3.62. The number of nitriles is 1. The summed E-state index contributed by atoms with van der Waals surface area (Å²) in [5, 5.41) is 8.68. The molecule has 0 aliphatic heterocycles. The Bertz CT molecular complexity index is 222. The van der Waals surface area contributed by atoms with Crippen LogP contribution in [0.3, 0.4) is 0 Å². The molecule has 2 atom stereocenters. The third-order valence-electron chi connectivity index (χ3n) is 2.95. The summed E-state index contributed by atoms with van der Waals surface area (Å²) in [5.74, 6) is 1.97. The molecule has 0 rings (SSSR count). The molecule has 0 aliphatic rings. The number of rotatable bonds is 7. The molecule has 0 aromatic rings. The lowest BCUT2D eigenvalue weighted by Gasteiger charge is -2.15. The van der Waals surface area contributed by atoms with E-state index >= 15 is 0 Å². The van der Waals surface area contributed by atoms with Gasteiger partial charge in [-0.3, -0.25) is 0 Å². The summed E-state index contributed by atoms with van der Waals surface area (Å²) in [6, 6.07) is 2.14. The first-order chi connectivity index (χ1) is 6.97. The first-order valence-corrected chi connectivity index (χ1v) is 6.06. The minimum absolute atomic E-state index is 0.362. The van der Waals surface area contributed by atoms with Crippen LogP contribution in [0, 0.1) is 29.1 Å². The van der Waals surface area contributed by atoms with Gasteiger partial charge < -0.3 is 0 Å². The molecule has 15 heavy (non-hydrogen) atoms. The minimum atomic E-state index is 0.362. The van der Waals surface area contributed by atoms with Gasteiger partial charge >= 0.3 is 0 Å². The molecule has 0 aromatic carbocycles. The van der Waals surface area contributed by atoms with Crippen LogP contribution in [-0.2, 0) is 0 Å². The highest BCUT2D eigenvalue weighted by Gasteiger charge is 2.08. The fourth-order valence-corrected chi connectivity index (χ4v) is 1.98. The van der Waals surface area contributed by atoms with Crippen LogP contribution >= 0.6 is 0 Å². The minimum Gasteiger partial charge on any atom is -0.193 e. The van der Waals surface area contributed by atoms with Crippen molar-refractivity contribution < 1.29 is 0 Å². The molecule has 0 heterocycles. The molecule has 0 amide bonds. The van der Waals surface area contributed by atoms with Gasteiger partial charge in [0.05, 0.1) is 6.07 Å². The molecule has 0 spiro atoms. The van der Waals surface area contributed by atoms with E-state index < -0.39 is 0 Å². The van der Waals surface area contributed by atoms with Crippen molar-refractivity contribution >= 4 is 0 Å². The molecule has 0 aromatic heterocycles. The largest absolute Gasteiger partial charge is 0.193 e. The Morgan fingerprint density at radius 1 is 1.20 bits per heavy atom. The van der Waals surface area contributed by atoms with Gasteiger partial charge in [0.15, 0.2) is 0 Å². The highest BCUT2D eigenvalue weighted by atomic mass is 14.3. The lowest BCUT2D eigenvalue weighted by molar-refractivity contribution is 0.392. The summed E-state index contributed by atoms with van der Waals surface area (Å²) in [6.07, 6.45) is 4.92. The van der Waals surface area contributed by atoms with E-state index in [1.54, 1.807) is 0 Å². The summed E-state index contributed by atoms with van der Waals surface area (Å²) in [6.45, 7) is 12.7. The van der Waals surface area contributed by atoms with E-state index in [2.05, 4.69) is 40.3 Å². The van der Waals surface area contributed by atoms with Crippen molar-refractivity contribution in [3.8, 4) is 6.07 Å². The van der Waals surface area contributed by atoms with Gasteiger partial charge in [-0.25, -0.2) is 0 Å². The van der Waals surface area contributed by atoms with Gasteiger partial charge in [-0.2, -0.15) is 5.26 Å². The third kappa shape index (κ3) is 7.19. The van der Waals surface area contributed by atoms with E-state index in [1.165, 1.54) is 19.3 Å². The smallest absolute Gasteiger partial charge is 0.0943 e. The Hall–Kier alpha value is -0.770. The van der Waals surface area contributed by atoms with Crippen molar-refractivity contribution in [2.24, 2.45) is 17.8 Å². The lowest BCUT2D eigenvalue weighted by Crippen LogP contribution is -2.02. The average Bonchev–Trinajstić information content (AvgIpc) is 2.15. The zero-order chi connectivity index (χ0) is 11.8. The summed E-state index contributed by atoms with van der Waals surface area (Å²) in [5.41, 5.74) is 0.728. The van der Waals surface area contributed by atoms with Crippen molar-refractivity contribution in [2.75, 3.05) is 0 Å². The molecular formula is C14H25N. The Morgan fingerprint density at radius 3 is 2.27 bits per heavy atom. The first-order valence-electron chi connectivity index (χ1n) is 6.06. The summed E-state index contributed by atoms with van der Waals surface area (Å²) in [7, 11) is 0. The number of nitrogens with zero attached hydrogens (tertiary/aromatic N) is 1. The molecule has 0 saturated carbocycles. The van der Waals surface area contributed by atoms with E-state index in [9.17, 15) is 0 Å².